The van der Waals surface area contributed by atoms with Crippen LogP contribution in [-0.2, 0) is 0 Å². The van der Waals surface area contributed by atoms with Crippen molar-refractivity contribution in [1.82, 2.24) is 19.7 Å². The van der Waals surface area contributed by atoms with Gasteiger partial charge in [-0.25, -0.2) is 14.6 Å². The number of nitrogens with zero attached hydrogens (tertiary/aromatic N) is 4. The van der Waals surface area contributed by atoms with Crippen molar-refractivity contribution in [3.8, 4) is 10.8 Å². The number of hydrogen-bond donors (Lipinski definition) is 1. The minimum atomic E-state index is 0.713. The van der Waals surface area contributed by atoms with Crippen LogP contribution in [0, 0.1) is 0 Å². The number of nitrogens with one attached hydrogen (secondary N) is 1. The Hall–Kier alpha value is -3.16. The van der Waals surface area contributed by atoms with Crippen LogP contribution in [0.4, 0.5) is 10.8 Å². The van der Waals surface area contributed by atoms with Gasteiger partial charge < -0.3 is 10.1 Å². The van der Waals surface area contributed by atoms with Crippen LogP contribution in [-0.4, -0.2) is 19.7 Å². The van der Waals surface area contributed by atoms with E-state index in [1.807, 2.05) is 54.6 Å². The SMILES string of the molecule is Clc1ccc(/C=C/Oc2ccc(Nc3ncc(-n4cncn4)s3)cc2)cc1. The third kappa shape index (κ3) is 4.52. The summed E-state index contributed by atoms with van der Waals surface area (Å²) in [6.45, 7) is 0. The summed E-state index contributed by atoms with van der Waals surface area (Å²) in [7, 11) is 0. The first-order chi connectivity index (χ1) is 13.3. The summed E-state index contributed by atoms with van der Waals surface area (Å²) in [5, 5.41) is 9.73. The smallest absolute Gasteiger partial charge is 0.189 e. The van der Waals surface area contributed by atoms with Gasteiger partial charge in [-0.05, 0) is 48.0 Å². The van der Waals surface area contributed by atoms with Gasteiger partial charge in [0.05, 0.1) is 12.5 Å². The molecule has 0 fully saturated rings. The van der Waals surface area contributed by atoms with Crippen LogP contribution in [0.25, 0.3) is 11.1 Å². The highest BCUT2D eigenvalue weighted by Gasteiger charge is 2.05. The van der Waals surface area contributed by atoms with E-state index in [2.05, 4.69) is 20.4 Å². The summed E-state index contributed by atoms with van der Waals surface area (Å²) in [5.41, 5.74) is 1.94. The topological polar surface area (TPSA) is 64.9 Å². The molecule has 0 saturated heterocycles. The third-order valence-corrected chi connectivity index (χ3v) is 4.73. The lowest BCUT2D eigenvalue weighted by Crippen LogP contribution is -1.89. The van der Waals surface area contributed by atoms with Crippen molar-refractivity contribution >= 4 is 39.8 Å². The van der Waals surface area contributed by atoms with Gasteiger partial charge in [-0.3, -0.25) is 0 Å². The van der Waals surface area contributed by atoms with Crippen LogP contribution in [0.5, 0.6) is 5.75 Å². The Bertz CT molecular complexity index is 1030. The number of halogens is 1. The van der Waals surface area contributed by atoms with E-state index < -0.39 is 0 Å². The first-order valence-corrected chi connectivity index (χ1v) is 9.22. The molecule has 2 aromatic heterocycles. The molecule has 0 saturated carbocycles. The molecule has 0 aliphatic rings. The summed E-state index contributed by atoms with van der Waals surface area (Å²) in [4.78, 5) is 8.28. The van der Waals surface area contributed by atoms with Crippen LogP contribution in [0.2, 0.25) is 5.02 Å². The Morgan fingerprint density at radius 2 is 1.89 bits per heavy atom. The van der Waals surface area contributed by atoms with Gasteiger partial charge >= 0.3 is 0 Å². The fourth-order valence-corrected chi connectivity index (χ4v) is 3.15. The minimum absolute atomic E-state index is 0.713. The van der Waals surface area contributed by atoms with E-state index in [9.17, 15) is 0 Å². The molecule has 0 amide bonds. The van der Waals surface area contributed by atoms with Crippen molar-refractivity contribution < 1.29 is 4.74 Å². The molecule has 0 aliphatic heterocycles. The maximum absolute atomic E-state index is 5.87. The van der Waals surface area contributed by atoms with E-state index in [4.69, 9.17) is 16.3 Å². The number of hydrogen-bond acceptors (Lipinski definition) is 6. The van der Waals surface area contributed by atoms with E-state index in [-0.39, 0.29) is 0 Å². The van der Waals surface area contributed by atoms with E-state index in [0.717, 1.165) is 27.1 Å². The second kappa shape index (κ2) is 8.03. The molecule has 0 atom stereocenters. The van der Waals surface area contributed by atoms with E-state index in [0.29, 0.717) is 5.02 Å². The van der Waals surface area contributed by atoms with Gasteiger partial charge in [0.2, 0.25) is 0 Å². The lowest BCUT2D eigenvalue weighted by atomic mass is 10.2. The van der Waals surface area contributed by atoms with Gasteiger partial charge in [-0.1, -0.05) is 35.1 Å². The Morgan fingerprint density at radius 1 is 1.07 bits per heavy atom. The fourth-order valence-electron chi connectivity index (χ4n) is 2.26. The van der Waals surface area contributed by atoms with E-state index in [1.165, 1.54) is 17.7 Å². The number of anilines is 2. The summed E-state index contributed by atoms with van der Waals surface area (Å²) in [6.07, 6.45) is 8.41. The normalized spacial score (nSPS) is 11.0. The van der Waals surface area contributed by atoms with Gasteiger partial charge in [0.15, 0.2) is 5.13 Å². The highest BCUT2D eigenvalue weighted by molar-refractivity contribution is 7.18. The highest BCUT2D eigenvalue weighted by atomic mass is 35.5. The van der Waals surface area contributed by atoms with Crippen LogP contribution in [0.15, 0.2) is 73.6 Å². The average molecular weight is 396 g/mol. The molecule has 0 bridgehead atoms. The number of benzene rings is 2. The molecule has 4 rings (SSSR count). The Balaban J connectivity index is 1.35. The Labute approximate surface area is 164 Å². The molecular formula is C19H14ClN5OS. The van der Waals surface area contributed by atoms with Gasteiger partial charge in [0.25, 0.3) is 0 Å². The molecule has 134 valence electrons. The minimum Gasteiger partial charge on any atom is -0.465 e. The van der Waals surface area contributed by atoms with Crippen molar-refractivity contribution in [2.75, 3.05) is 5.32 Å². The molecule has 8 heteroatoms. The van der Waals surface area contributed by atoms with Crippen LogP contribution < -0.4 is 10.1 Å². The number of thiazole rings is 1. The quantitative estimate of drug-likeness (QED) is 0.456. The molecule has 0 unspecified atom stereocenters. The van der Waals surface area contributed by atoms with Gasteiger partial charge in [0, 0.05) is 10.7 Å². The summed E-state index contributed by atoms with van der Waals surface area (Å²) in [6, 6.07) is 15.2. The second-order valence-electron chi connectivity index (χ2n) is 5.47. The molecule has 0 spiro atoms. The maximum Gasteiger partial charge on any atom is 0.189 e. The van der Waals surface area contributed by atoms with Crippen molar-refractivity contribution in [3.63, 3.8) is 0 Å². The summed E-state index contributed by atoms with van der Waals surface area (Å²) >= 11 is 7.36. The van der Waals surface area contributed by atoms with Crippen molar-refractivity contribution in [1.29, 1.82) is 0 Å². The van der Waals surface area contributed by atoms with Gasteiger partial charge in [0.1, 0.15) is 23.4 Å². The molecule has 1 N–H and O–H groups in total. The number of ether oxygens (including phenoxy) is 1. The first kappa shape index (κ1) is 17.3. The Morgan fingerprint density at radius 3 is 2.63 bits per heavy atom. The molecule has 2 aromatic carbocycles. The van der Waals surface area contributed by atoms with Crippen molar-refractivity contribution in [2.45, 2.75) is 0 Å². The lowest BCUT2D eigenvalue weighted by molar-refractivity contribution is 0.485. The predicted octanol–water partition coefficient (Wildman–Crippen LogP) is 5.17. The molecule has 4 aromatic rings. The van der Waals surface area contributed by atoms with Gasteiger partial charge in [-0.15, -0.1) is 0 Å². The van der Waals surface area contributed by atoms with Crippen LogP contribution in [0.3, 0.4) is 0 Å². The third-order valence-electron chi connectivity index (χ3n) is 3.58. The van der Waals surface area contributed by atoms with E-state index in [1.54, 1.807) is 23.5 Å². The molecule has 0 aliphatic carbocycles. The molecule has 27 heavy (non-hydrogen) atoms. The molecule has 2 heterocycles. The monoisotopic (exact) mass is 395 g/mol. The van der Waals surface area contributed by atoms with Crippen molar-refractivity contribution in [2.24, 2.45) is 0 Å². The summed E-state index contributed by atoms with van der Waals surface area (Å²) in [5.74, 6) is 0.744. The number of aromatic nitrogens is 4. The second-order valence-corrected chi connectivity index (χ2v) is 6.91. The average Bonchev–Trinajstić information content (AvgIpc) is 3.36. The zero-order chi connectivity index (χ0) is 18.5. The molecule has 6 nitrogen and oxygen atoms in total. The van der Waals surface area contributed by atoms with Crippen LogP contribution in [0.1, 0.15) is 5.56 Å². The molecule has 0 radical (unpaired) electrons. The van der Waals surface area contributed by atoms with Gasteiger partial charge in [-0.2, -0.15) is 5.10 Å². The zero-order valence-electron chi connectivity index (χ0n) is 14.0. The van der Waals surface area contributed by atoms with E-state index >= 15 is 0 Å². The summed E-state index contributed by atoms with van der Waals surface area (Å²) < 4.78 is 7.30. The maximum atomic E-state index is 5.87. The standard InChI is InChI=1S/C19H14ClN5OS/c20-15-3-1-14(2-4-15)9-10-26-17-7-5-16(6-8-17)24-19-22-11-18(27-19)25-13-21-12-23-25/h1-13H,(H,22,24)/b10-9+. The highest BCUT2D eigenvalue weighted by Crippen LogP contribution is 2.25. The Kier molecular flexibility index (Phi) is 5.13. The molecular weight excluding hydrogens is 382 g/mol. The largest absolute Gasteiger partial charge is 0.465 e. The lowest BCUT2D eigenvalue weighted by Gasteiger charge is -2.04. The first-order valence-electron chi connectivity index (χ1n) is 8.03. The van der Waals surface area contributed by atoms with Crippen molar-refractivity contribution in [3.05, 3.63) is 84.2 Å². The fraction of sp³-hybridized carbons (Fsp3) is 0. The predicted molar refractivity (Wildman–Crippen MR) is 108 cm³/mol. The number of rotatable bonds is 6. The van der Waals surface area contributed by atoms with Crippen LogP contribution >= 0.6 is 22.9 Å². The zero-order valence-corrected chi connectivity index (χ0v) is 15.6.